The number of amides is 2. The van der Waals surface area contributed by atoms with Crippen LogP contribution in [0.5, 0.6) is 11.5 Å². The molecule has 34 heavy (non-hydrogen) atoms. The van der Waals surface area contributed by atoms with Crippen molar-refractivity contribution in [2.75, 3.05) is 49.7 Å². The number of piperazine rings is 1. The van der Waals surface area contributed by atoms with Gasteiger partial charge in [-0.25, -0.2) is 0 Å². The van der Waals surface area contributed by atoms with E-state index < -0.39 is 0 Å². The predicted molar refractivity (Wildman–Crippen MR) is 131 cm³/mol. The standard InChI is InChI=1S/C27H27N3O4/c1-33-24-8-4-2-6-22(24)28-14-16-29(17-15-28)27(32)21-12-10-20(11-13-21)18-30-23-7-3-5-9-25(23)34-19-26(30)31/h2-13H,14-19H2,1H3. The summed E-state index contributed by atoms with van der Waals surface area (Å²) in [4.78, 5) is 31.4. The third kappa shape index (κ3) is 4.29. The molecule has 1 saturated heterocycles. The minimum absolute atomic E-state index is 0.0269. The van der Waals surface area contributed by atoms with Crippen molar-refractivity contribution in [3.63, 3.8) is 0 Å². The van der Waals surface area contributed by atoms with E-state index in [1.807, 2.05) is 77.7 Å². The van der Waals surface area contributed by atoms with Crippen LogP contribution in [0.25, 0.3) is 0 Å². The topological polar surface area (TPSA) is 62.3 Å². The molecule has 0 N–H and O–H groups in total. The number of hydrogen-bond acceptors (Lipinski definition) is 5. The van der Waals surface area contributed by atoms with Gasteiger partial charge in [0, 0.05) is 31.7 Å². The Kier molecular flexibility index (Phi) is 6.08. The van der Waals surface area contributed by atoms with Crippen molar-refractivity contribution < 1.29 is 19.1 Å². The van der Waals surface area contributed by atoms with Gasteiger partial charge in [-0.15, -0.1) is 0 Å². The largest absolute Gasteiger partial charge is 0.495 e. The third-order valence-electron chi connectivity index (χ3n) is 6.34. The molecule has 0 aliphatic carbocycles. The summed E-state index contributed by atoms with van der Waals surface area (Å²) in [6, 6.07) is 23.0. The SMILES string of the molecule is COc1ccccc1N1CCN(C(=O)c2ccc(CN3C(=O)COc4ccccc43)cc2)CC1. The smallest absolute Gasteiger partial charge is 0.265 e. The van der Waals surface area contributed by atoms with Crippen LogP contribution in [-0.4, -0.2) is 56.6 Å². The van der Waals surface area contributed by atoms with E-state index in [9.17, 15) is 9.59 Å². The van der Waals surface area contributed by atoms with Crippen LogP contribution in [0.3, 0.4) is 0 Å². The monoisotopic (exact) mass is 457 g/mol. The van der Waals surface area contributed by atoms with Gasteiger partial charge in [0.15, 0.2) is 6.61 Å². The summed E-state index contributed by atoms with van der Waals surface area (Å²) in [6.45, 7) is 3.28. The number of rotatable bonds is 5. The van der Waals surface area contributed by atoms with Crippen LogP contribution in [0.2, 0.25) is 0 Å². The van der Waals surface area contributed by atoms with Crippen molar-refractivity contribution in [3.05, 3.63) is 83.9 Å². The summed E-state index contributed by atoms with van der Waals surface area (Å²) in [6.07, 6.45) is 0. The molecule has 0 radical (unpaired) electrons. The van der Waals surface area contributed by atoms with Crippen LogP contribution in [0.4, 0.5) is 11.4 Å². The van der Waals surface area contributed by atoms with Gasteiger partial charge in [0.1, 0.15) is 11.5 Å². The van der Waals surface area contributed by atoms with E-state index in [1.165, 1.54) is 0 Å². The van der Waals surface area contributed by atoms with Crippen molar-refractivity contribution in [1.29, 1.82) is 0 Å². The molecule has 174 valence electrons. The highest BCUT2D eigenvalue weighted by atomic mass is 16.5. The number of carbonyl (C=O) groups is 2. The zero-order chi connectivity index (χ0) is 23.5. The maximum atomic E-state index is 13.1. The summed E-state index contributed by atoms with van der Waals surface area (Å²) in [5.41, 5.74) is 3.44. The Morgan fingerprint density at radius 2 is 1.56 bits per heavy atom. The highest BCUT2D eigenvalue weighted by Gasteiger charge is 2.26. The zero-order valence-corrected chi connectivity index (χ0v) is 19.1. The predicted octanol–water partition coefficient (Wildman–Crippen LogP) is 3.58. The normalized spacial score (nSPS) is 15.6. The lowest BCUT2D eigenvalue weighted by Gasteiger charge is -2.36. The first-order valence-corrected chi connectivity index (χ1v) is 11.4. The molecule has 0 bridgehead atoms. The average Bonchev–Trinajstić information content (AvgIpc) is 2.90. The molecule has 7 nitrogen and oxygen atoms in total. The molecule has 0 saturated carbocycles. The Hall–Kier alpha value is -4.00. The van der Waals surface area contributed by atoms with E-state index in [4.69, 9.17) is 9.47 Å². The first kappa shape index (κ1) is 21.8. The van der Waals surface area contributed by atoms with E-state index in [0.717, 1.165) is 35.8 Å². The minimum Gasteiger partial charge on any atom is -0.495 e. The first-order chi connectivity index (χ1) is 16.6. The Labute approximate surface area is 199 Å². The number of hydrogen-bond donors (Lipinski definition) is 0. The average molecular weight is 458 g/mol. The molecule has 3 aromatic rings. The van der Waals surface area contributed by atoms with Gasteiger partial charge >= 0.3 is 0 Å². The number of fused-ring (bicyclic) bond motifs is 1. The van der Waals surface area contributed by atoms with Crippen molar-refractivity contribution >= 4 is 23.2 Å². The van der Waals surface area contributed by atoms with E-state index in [-0.39, 0.29) is 18.4 Å². The molecule has 3 aromatic carbocycles. The van der Waals surface area contributed by atoms with Gasteiger partial charge in [-0.2, -0.15) is 0 Å². The molecular formula is C27H27N3O4. The van der Waals surface area contributed by atoms with Crippen LogP contribution in [0, 0.1) is 0 Å². The van der Waals surface area contributed by atoms with Gasteiger partial charge < -0.3 is 24.2 Å². The lowest BCUT2D eigenvalue weighted by molar-refractivity contribution is -0.121. The second-order valence-corrected chi connectivity index (χ2v) is 8.38. The van der Waals surface area contributed by atoms with Gasteiger partial charge in [0.25, 0.3) is 11.8 Å². The number of para-hydroxylation sites is 4. The van der Waals surface area contributed by atoms with Gasteiger partial charge in [-0.1, -0.05) is 36.4 Å². The molecule has 2 aliphatic heterocycles. The Morgan fingerprint density at radius 1 is 0.882 bits per heavy atom. The van der Waals surface area contributed by atoms with Gasteiger partial charge in [-0.3, -0.25) is 9.59 Å². The van der Waals surface area contributed by atoms with Gasteiger partial charge in [0.2, 0.25) is 0 Å². The van der Waals surface area contributed by atoms with Crippen LogP contribution < -0.4 is 19.3 Å². The molecule has 0 unspecified atom stereocenters. The van der Waals surface area contributed by atoms with Crippen LogP contribution in [0.1, 0.15) is 15.9 Å². The third-order valence-corrected chi connectivity index (χ3v) is 6.34. The van der Waals surface area contributed by atoms with Crippen molar-refractivity contribution in [1.82, 2.24) is 4.90 Å². The molecule has 0 spiro atoms. The van der Waals surface area contributed by atoms with Crippen molar-refractivity contribution in [2.45, 2.75) is 6.54 Å². The molecule has 2 amide bonds. The number of nitrogens with zero attached hydrogens (tertiary/aromatic N) is 3. The van der Waals surface area contributed by atoms with Crippen molar-refractivity contribution in [3.8, 4) is 11.5 Å². The van der Waals surface area contributed by atoms with Crippen LogP contribution in [-0.2, 0) is 11.3 Å². The van der Waals surface area contributed by atoms with E-state index in [0.29, 0.717) is 30.9 Å². The van der Waals surface area contributed by atoms with Gasteiger partial charge in [0.05, 0.1) is 25.0 Å². The highest BCUT2D eigenvalue weighted by molar-refractivity contribution is 5.98. The number of methoxy groups -OCH3 is 1. The first-order valence-electron chi connectivity index (χ1n) is 11.4. The lowest BCUT2D eigenvalue weighted by atomic mass is 10.1. The zero-order valence-electron chi connectivity index (χ0n) is 19.1. The second-order valence-electron chi connectivity index (χ2n) is 8.38. The quantitative estimate of drug-likeness (QED) is 0.586. The summed E-state index contributed by atoms with van der Waals surface area (Å²) in [7, 11) is 1.68. The number of benzene rings is 3. The molecular weight excluding hydrogens is 430 g/mol. The fourth-order valence-electron chi connectivity index (χ4n) is 4.49. The molecule has 5 rings (SSSR count). The lowest BCUT2D eigenvalue weighted by Crippen LogP contribution is -2.48. The van der Waals surface area contributed by atoms with Crippen molar-refractivity contribution in [2.24, 2.45) is 0 Å². The Morgan fingerprint density at radius 3 is 2.29 bits per heavy atom. The maximum absolute atomic E-state index is 13.1. The molecule has 7 heteroatoms. The summed E-state index contributed by atoms with van der Waals surface area (Å²) in [5.74, 6) is 1.51. The molecule has 0 atom stereocenters. The summed E-state index contributed by atoms with van der Waals surface area (Å²) in [5, 5.41) is 0. The summed E-state index contributed by atoms with van der Waals surface area (Å²) < 4.78 is 11.0. The fraction of sp³-hybridized carbons (Fsp3) is 0.259. The Balaban J connectivity index is 1.22. The molecule has 1 fully saturated rings. The fourth-order valence-corrected chi connectivity index (χ4v) is 4.49. The maximum Gasteiger partial charge on any atom is 0.265 e. The number of carbonyl (C=O) groups excluding carboxylic acids is 2. The second kappa shape index (κ2) is 9.47. The van der Waals surface area contributed by atoms with Crippen LogP contribution >= 0.6 is 0 Å². The van der Waals surface area contributed by atoms with E-state index >= 15 is 0 Å². The molecule has 2 heterocycles. The number of ether oxygens (including phenoxy) is 2. The minimum atomic E-state index is -0.0771. The summed E-state index contributed by atoms with van der Waals surface area (Å²) >= 11 is 0. The Bertz CT molecular complexity index is 1190. The highest BCUT2D eigenvalue weighted by Crippen LogP contribution is 2.32. The van der Waals surface area contributed by atoms with Crippen LogP contribution in [0.15, 0.2) is 72.8 Å². The molecule has 0 aromatic heterocycles. The number of anilines is 2. The van der Waals surface area contributed by atoms with Gasteiger partial charge in [-0.05, 0) is 42.0 Å². The van der Waals surface area contributed by atoms with E-state index in [2.05, 4.69) is 4.90 Å². The van der Waals surface area contributed by atoms with E-state index in [1.54, 1.807) is 12.0 Å². The molecule has 2 aliphatic rings.